The molecule has 0 bridgehead atoms. The van der Waals surface area contributed by atoms with Gasteiger partial charge in [0, 0.05) is 0 Å². The minimum Gasteiger partial charge on any atom is -0.355 e. The van der Waals surface area contributed by atoms with E-state index in [2.05, 4.69) is 23.3 Å². The molecule has 0 spiro atoms. The van der Waals surface area contributed by atoms with Crippen molar-refractivity contribution in [1.29, 1.82) is 0 Å². The first-order valence-corrected chi connectivity index (χ1v) is 3.68. The molecule has 0 atom stereocenters. The van der Waals surface area contributed by atoms with Gasteiger partial charge in [0.2, 0.25) is 0 Å². The fourth-order valence-corrected chi connectivity index (χ4v) is 1.34. The molecule has 0 aliphatic carbocycles. The molecule has 2 rings (SSSR count). The van der Waals surface area contributed by atoms with Gasteiger partial charge >= 0.3 is 0 Å². The Morgan fingerprint density at radius 3 is 2.10 bits per heavy atom. The van der Waals surface area contributed by atoms with Crippen molar-refractivity contribution < 1.29 is 0 Å². The maximum absolute atomic E-state index is 4.22. The third-order valence-corrected chi connectivity index (χ3v) is 1.77. The van der Waals surface area contributed by atoms with E-state index in [1.165, 1.54) is 0 Å². The molecule has 1 heterocycles. The Kier molecular flexibility index (Phi) is 1.24. The Hall–Kier alpha value is -0.830. The smallest absolute Gasteiger partial charge is 0.143 e. The van der Waals surface area contributed by atoms with Gasteiger partial charge in [-0.1, -0.05) is 12.1 Å². The highest BCUT2D eigenvalue weighted by Gasteiger charge is 2.13. The summed E-state index contributed by atoms with van der Waals surface area (Å²) >= 11 is 4.22. The van der Waals surface area contributed by atoms with Crippen LogP contribution in [0.1, 0.15) is 0 Å². The number of para-hydroxylation sites is 2. The normalized spacial score (nSPS) is 15.7. The Bertz CT molecular complexity index is 224. The van der Waals surface area contributed by atoms with Crippen molar-refractivity contribution in [3.63, 3.8) is 0 Å². The number of nitrogens with one attached hydrogen (secondary N) is 2. The molecule has 10 heavy (non-hydrogen) atoms. The second kappa shape index (κ2) is 2.09. The molecular weight excluding hydrogens is 144 g/mol. The number of rotatable bonds is 0. The highest BCUT2D eigenvalue weighted by Crippen LogP contribution is 2.28. The highest BCUT2D eigenvalue weighted by molar-refractivity contribution is 7.81. The van der Waals surface area contributed by atoms with E-state index >= 15 is 0 Å². The summed E-state index contributed by atoms with van der Waals surface area (Å²) in [6, 6.07) is 8.05. The van der Waals surface area contributed by atoms with Gasteiger partial charge in [-0.3, -0.25) is 0 Å². The van der Waals surface area contributed by atoms with Gasteiger partial charge in [0.05, 0.1) is 11.4 Å². The monoisotopic (exact) mass is 152 g/mol. The van der Waals surface area contributed by atoms with Gasteiger partial charge in [-0.2, -0.15) is 0 Å². The Morgan fingerprint density at radius 2 is 1.60 bits per heavy atom. The van der Waals surface area contributed by atoms with Crippen LogP contribution in [0.2, 0.25) is 0 Å². The first-order chi connectivity index (χ1) is 4.86. The average Bonchev–Trinajstić information content (AvgIpc) is 2.27. The van der Waals surface area contributed by atoms with Crippen molar-refractivity contribution in [2.75, 3.05) is 10.6 Å². The third-order valence-electron chi connectivity index (χ3n) is 1.51. The van der Waals surface area contributed by atoms with Crippen LogP contribution in [0, 0.1) is 0 Å². The summed E-state index contributed by atoms with van der Waals surface area (Å²) in [5.74, 6) is 0. The number of benzene rings is 1. The summed E-state index contributed by atoms with van der Waals surface area (Å²) in [6.07, 6.45) is 0. The molecule has 0 amide bonds. The van der Waals surface area contributed by atoms with Crippen LogP contribution < -0.4 is 10.6 Å². The van der Waals surface area contributed by atoms with E-state index in [0.29, 0.717) is 0 Å². The van der Waals surface area contributed by atoms with Crippen LogP contribution in [-0.4, -0.2) is 5.50 Å². The first kappa shape index (κ1) is 5.92. The number of fused-ring (bicyclic) bond motifs is 1. The average molecular weight is 152 g/mol. The second-order valence-electron chi connectivity index (χ2n) is 2.24. The fourth-order valence-electron chi connectivity index (χ4n) is 1.07. The SMILES string of the molecule is SC1Nc2ccccc2N1. The lowest BCUT2D eigenvalue weighted by Gasteiger charge is -2.00. The van der Waals surface area contributed by atoms with Crippen molar-refractivity contribution in [2.24, 2.45) is 0 Å². The maximum atomic E-state index is 4.22. The van der Waals surface area contributed by atoms with Gasteiger partial charge in [0.1, 0.15) is 5.50 Å². The molecule has 1 aromatic rings. The molecule has 2 nitrogen and oxygen atoms in total. The van der Waals surface area contributed by atoms with Gasteiger partial charge in [-0.25, -0.2) is 0 Å². The second-order valence-corrected chi connectivity index (χ2v) is 2.75. The van der Waals surface area contributed by atoms with E-state index in [9.17, 15) is 0 Å². The number of thiol groups is 1. The van der Waals surface area contributed by atoms with Crippen LogP contribution in [0.3, 0.4) is 0 Å². The van der Waals surface area contributed by atoms with E-state index in [-0.39, 0.29) is 5.50 Å². The number of anilines is 2. The predicted molar refractivity (Wildman–Crippen MR) is 46.5 cm³/mol. The molecular formula is C7H8N2S. The quantitative estimate of drug-likeness (QED) is 0.493. The van der Waals surface area contributed by atoms with E-state index in [0.717, 1.165) is 11.4 Å². The third kappa shape index (κ3) is 0.827. The van der Waals surface area contributed by atoms with Gasteiger partial charge in [0.25, 0.3) is 0 Å². The molecule has 1 aliphatic rings. The minimum atomic E-state index is 0.0670. The zero-order valence-electron chi connectivity index (χ0n) is 5.33. The van der Waals surface area contributed by atoms with Crippen molar-refractivity contribution >= 4 is 24.0 Å². The molecule has 0 unspecified atom stereocenters. The zero-order chi connectivity index (χ0) is 6.97. The maximum Gasteiger partial charge on any atom is 0.143 e. The van der Waals surface area contributed by atoms with Gasteiger partial charge < -0.3 is 10.6 Å². The largest absolute Gasteiger partial charge is 0.355 e. The highest BCUT2D eigenvalue weighted by atomic mass is 32.1. The lowest BCUT2D eigenvalue weighted by Crippen LogP contribution is -2.12. The molecule has 2 N–H and O–H groups in total. The van der Waals surface area contributed by atoms with E-state index in [4.69, 9.17) is 0 Å². The topological polar surface area (TPSA) is 24.1 Å². The van der Waals surface area contributed by atoms with Crippen LogP contribution in [0.25, 0.3) is 0 Å². The van der Waals surface area contributed by atoms with Crippen LogP contribution in [0.15, 0.2) is 24.3 Å². The Labute approximate surface area is 65.0 Å². The summed E-state index contributed by atoms with van der Waals surface area (Å²) < 4.78 is 0. The lowest BCUT2D eigenvalue weighted by atomic mass is 10.3. The summed E-state index contributed by atoms with van der Waals surface area (Å²) in [5.41, 5.74) is 2.32. The lowest BCUT2D eigenvalue weighted by molar-refractivity contribution is 1.22. The summed E-state index contributed by atoms with van der Waals surface area (Å²) in [5, 5.41) is 6.30. The molecule has 0 aromatic heterocycles. The predicted octanol–water partition coefficient (Wildman–Crippen LogP) is 1.74. The van der Waals surface area contributed by atoms with Gasteiger partial charge in [-0.05, 0) is 12.1 Å². The van der Waals surface area contributed by atoms with Crippen molar-refractivity contribution in [1.82, 2.24) is 0 Å². The van der Waals surface area contributed by atoms with Crippen LogP contribution >= 0.6 is 12.6 Å². The molecule has 1 aliphatic heterocycles. The van der Waals surface area contributed by atoms with E-state index in [1.54, 1.807) is 0 Å². The molecule has 0 saturated heterocycles. The summed E-state index contributed by atoms with van der Waals surface area (Å²) in [7, 11) is 0. The van der Waals surface area contributed by atoms with E-state index in [1.807, 2.05) is 24.3 Å². The number of hydrogen-bond donors (Lipinski definition) is 3. The molecule has 3 heteroatoms. The fraction of sp³-hybridized carbons (Fsp3) is 0.143. The number of hydrogen-bond acceptors (Lipinski definition) is 3. The zero-order valence-corrected chi connectivity index (χ0v) is 6.23. The van der Waals surface area contributed by atoms with Gasteiger partial charge in [-0.15, -0.1) is 12.6 Å². The molecule has 0 radical (unpaired) electrons. The standard InChI is InChI=1S/C7H8N2S/c10-7-8-5-3-1-2-4-6(5)9-7/h1-4,7-10H. The van der Waals surface area contributed by atoms with E-state index < -0.39 is 0 Å². The van der Waals surface area contributed by atoms with Crippen LogP contribution in [0.4, 0.5) is 11.4 Å². The Morgan fingerprint density at radius 1 is 1.10 bits per heavy atom. The molecule has 0 saturated carbocycles. The summed E-state index contributed by atoms with van der Waals surface area (Å²) in [6.45, 7) is 0. The van der Waals surface area contributed by atoms with Crippen molar-refractivity contribution in [3.05, 3.63) is 24.3 Å². The Balaban J connectivity index is 2.42. The van der Waals surface area contributed by atoms with Gasteiger partial charge in [0.15, 0.2) is 0 Å². The molecule has 52 valence electrons. The minimum absolute atomic E-state index is 0.0670. The van der Waals surface area contributed by atoms with Crippen molar-refractivity contribution in [3.8, 4) is 0 Å². The summed E-state index contributed by atoms with van der Waals surface area (Å²) in [4.78, 5) is 0. The van der Waals surface area contributed by atoms with Crippen LogP contribution in [-0.2, 0) is 0 Å². The first-order valence-electron chi connectivity index (χ1n) is 3.16. The molecule has 0 fully saturated rings. The van der Waals surface area contributed by atoms with Crippen molar-refractivity contribution in [2.45, 2.75) is 5.50 Å². The van der Waals surface area contributed by atoms with Crippen LogP contribution in [0.5, 0.6) is 0 Å². The molecule has 1 aromatic carbocycles.